The van der Waals surface area contributed by atoms with Crippen LogP contribution in [-0.4, -0.2) is 49.7 Å². The Kier molecular flexibility index (Phi) is 4.05. The van der Waals surface area contributed by atoms with Gasteiger partial charge in [0.25, 0.3) is 0 Å². The smallest absolute Gasteiger partial charge is 0.153 e. The standard InChI is InChI=1S/C12H18N2O4S/c1-9(7-18-2)12-10(6-15)5-14(13-12)11-3-4-19(16,17)8-11/h5-6,9,11H,3-4,7-8H2,1-2H3. The van der Waals surface area contributed by atoms with Gasteiger partial charge in [-0.3, -0.25) is 9.48 Å². The van der Waals surface area contributed by atoms with Gasteiger partial charge in [-0.1, -0.05) is 6.92 Å². The number of carbonyl (C=O) groups excluding carboxylic acids is 1. The maximum absolute atomic E-state index is 11.5. The van der Waals surface area contributed by atoms with E-state index in [1.807, 2.05) is 6.92 Å². The minimum Gasteiger partial charge on any atom is -0.384 e. The molecular formula is C12H18N2O4S. The Labute approximate surface area is 112 Å². The zero-order chi connectivity index (χ0) is 14.0. The van der Waals surface area contributed by atoms with Crippen LogP contribution < -0.4 is 0 Å². The topological polar surface area (TPSA) is 78.3 Å². The van der Waals surface area contributed by atoms with Gasteiger partial charge in [0.05, 0.1) is 35.4 Å². The molecule has 0 aromatic carbocycles. The molecule has 19 heavy (non-hydrogen) atoms. The van der Waals surface area contributed by atoms with Crippen LogP contribution in [0.2, 0.25) is 0 Å². The number of nitrogens with zero attached hydrogens (tertiary/aromatic N) is 2. The quantitative estimate of drug-likeness (QED) is 0.748. The Bertz CT molecular complexity index is 564. The van der Waals surface area contributed by atoms with Crippen LogP contribution in [0.25, 0.3) is 0 Å². The third-order valence-corrected chi connectivity index (χ3v) is 5.13. The molecule has 1 saturated heterocycles. The van der Waals surface area contributed by atoms with Crippen molar-refractivity contribution >= 4 is 16.1 Å². The molecule has 0 spiro atoms. The molecule has 1 aromatic rings. The van der Waals surface area contributed by atoms with E-state index in [2.05, 4.69) is 5.10 Å². The number of ether oxygens (including phenoxy) is 1. The van der Waals surface area contributed by atoms with Crippen molar-refractivity contribution in [2.45, 2.75) is 25.3 Å². The van der Waals surface area contributed by atoms with Crippen LogP contribution in [0.1, 0.15) is 41.4 Å². The van der Waals surface area contributed by atoms with Crippen LogP contribution in [0.5, 0.6) is 0 Å². The lowest BCUT2D eigenvalue weighted by Gasteiger charge is -2.09. The summed E-state index contributed by atoms with van der Waals surface area (Å²) in [5.41, 5.74) is 1.18. The Morgan fingerprint density at radius 1 is 1.63 bits per heavy atom. The summed E-state index contributed by atoms with van der Waals surface area (Å²) in [4.78, 5) is 11.1. The predicted molar refractivity (Wildman–Crippen MR) is 70.2 cm³/mol. The summed E-state index contributed by atoms with van der Waals surface area (Å²) >= 11 is 0. The highest BCUT2D eigenvalue weighted by Crippen LogP contribution is 2.26. The summed E-state index contributed by atoms with van der Waals surface area (Å²) in [5, 5.41) is 4.39. The van der Waals surface area contributed by atoms with Gasteiger partial charge >= 0.3 is 0 Å². The molecule has 1 aliphatic heterocycles. The van der Waals surface area contributed by atoms with Crippen molar-refractivity contribution in [2.24, 2.45) is 0 Å². The Balaban J connectivity index is 2.26. The highest BCUT2D eigenvalue weighted by molar-refractivity contribution is 7.91. The van der Waals surface area contributed by atoms with Gasteiger partial charge in [-0.05, 0) is 6.42 Å². The number of rotatable bonds is 5. The second-order valence-electron chi connectivity index (χ2n) is 4.98. The second kappa shape index (κ2) is 5.42. The monoisotopic (exact) mass is 286 g/mol. The zero-order valence-electron chi connectivity index (χ0n) is 11.1. The molecule has 2 rings (SSSR count). The number of aromatic nitrogens is 2. The first-order chi connectivity index (χ1) is 8.96. The fourth-order valence-electron chi connectivity index (χ4n) is 2.39. The first-order valence-corrected chi connectivity index (χ1v) is 8.02. The molecule has 0 saturated carbocycles. The fraction of sp³-hybridized carbons (Fsp3) is 0.667. The zero-order valence-corrected chi connectivity index (χ0v) is 11.9. The van der Waals surface area contributed by atoms with Crippen molar-refractivity contribution in [1.29, 1.82) is 0 Å². The van der Waals surface area contributed by atoms with Gasteiger partial charge in [0.1, 0.15) is 0 Å². The van der Waals surface area contributed by atoms with E-state index in [-0.39, 0.29) is 23.5 Å². The molecule has 2 unspecified atom stereocenters. The number of methoxy groups -OCH3 is 1. The van der Waals surface area contributed by atoms with E-state index in [9.17, 15) is 13.2 Å². The van der Waals surface area contributed by atoms with Crippen molar-refractivity contribution in [3.8, 4) is 0 Å². The molecule has 1 fully saturated rings. The van der Waals surface area contributed by atoms with Gasteiger partial charge in [-0.2, -0.15) is 5.10 Å². The van der Waals surface area contributed by atoms with Crippen molar-refractivity contribution < 1.29 is 17.9 Å². The molecule has 0 aliphatic carbocycles. The summed E-state index contributed by atoms with van der Waals surface area (Å²) in [6, 6.07) is -0.160. The average Bonchev–Trinajstić information content (AvgIpc) is 2.92. The Morgan fingerprint density at radius 3 is 2.89 bits per heavy atom. The van der Waals surface area contributed by atoms with Crippen LogP contribution in [0.3, 0.4) is 0 Å². The summed E-state index contributed by atoms with van der Waals surface area (Å²) in [6.07, 6.45) is 2.95. The number of carbonyl (C=O) groups is 1. The first kappa shape index (κ1) is 14.2. The molecule has 2 atom stereocenters. The maximum Gasteiger partial charge on any atom is 0.153 e. The number of hydrogen-bond acceptors (Lipinski definition) is 5. The van der Waals surface area contributed by atoms with Gasteiger partial charge in [-0.25, -0.2) is 8.42 Å². The third kappa shape index (κ3) is 3.03. The molecule has 2 heterocycles. The molecule has 1 aromatic heterocycles. The van der Waals surface area contributed by atoms with Crippen LogP contribution in [0.15, 0.2) is 6.20 Å². The highest BCUT2D eigenvalue weighted by atomic mass is 32.2. The summed E-state index contributed by atoms with van der Waals surface area (Å²) < 4.78 is 29.6. The minimum atomic E-state index is -2.96. The molecular weight excluding hydrogens is 268 g/mol. The molecule has 0 radical (unpaired) electrons. The molecule has 1 aliphatic rings. The van der Waals surface area contributed by atoms with E-state index in [4.69, 9.17) is 4.74 Å². The minimum absolute atomic E-state index is 0.00413. The number of hydrogen-bond donors (Lipinski definition) is 0. The van der Waals surface area contributed by atoms with Crippen molar-refractivity contribution in [2.75, 3.05) is 25.2 Å². The van der Waals surface area contributed by atoms with Crippen molar-refractivity contribution in [3.05, 3.63) is 17.5 Å². The van der Waals surface area contributed by atoms with Gasteiger partial charge in [0, 0.05) is 19.2 Å². The van der Waals surface area contributed by atoms with E-state index in [1.54, 1.807) is 18.0 Å². The predicted octanol–water partition coefficient (Wildman–Crippen LogP) is 0.805. The van der Waals surface area contributed by atoms with Gasteiger partial charge in [0.15, 0.2) is 16.1 Å². The highest BCUT2D eigenvalue weighted by Gasteiger charge is 2.30. The Hall–Kier alpha value is -1.21. The van der Waals surface area contributed by atoms with E-state index >= 15 is 0 Å². The summed E-state index contributed by atoms with van der Waals surface area (Å²) in [6.45, 7) is 2.40. The van der Waals surface area contributed by atoms with Crippen LogP contribution >= 0.6 is 0 Å². The SMILES string of the molecule is COCC(C)c1nn(C2CCS(=O)(=O)C2)cc1C=O. The van der Waals surface area contributed by atoms with Gasteiger partial charge in [-0.15, -0.1) is 0 Å². The molecule has 0 N–H and O–H groups in total. The molecule has 106 valence electrons. The van der Waals surface area contributed by atoms with Gasteiger partial charge < -0.3 is 4.74 Å². The lowest BCUT2D eigenvalue weighted by Crippen LogP contribution is -2.12. The van der Waals surface area contributed by atoms with E-state index in [1.165, 1.54) is 0 Å². The Morgan fingerprint density at radius 2 is 2.37 bits per heavy atom. The van der Waals surface area contributed by atoms with E-state index in [0.29, 0.717) is 24.3 Å². The normalized spacial score (nSPS) is 23.4. The second-order valence-corrected chi connectivity index (χ2v) is 7.21. The third-order valence-electron chi connectivity index (χ3n) is 3.38. The molecule has 6 nitrogen and oxygen atoms in total. The number of sulfone groups is 1. The summed E-state index contributed by atoms with van der Waals surface area (Å²) in [5.74, 6) is 0.298. The van der Waals surface area contributed by atoms with E-state index in [0.717, 1.165) is 6.29 Å². The van der Waals surface area contributed by atoms with E-state index < -0.39 is 9.84 Å². The maximum atomic E-state index is 11.5. The van der Waals surface area contributed by atoms with Crippen molar-refractivity contribution in [3.63, 3.8) is 0 Å². The lowest BCUT2D eigenvalue weighted by atomic mass is 10.1. The van der Waals surface area contributed by atoms with Gasteiger partial charge in [0.2, 0.25) is 0 Å². The van der Waals surface area contributed by atoms with Crippen LogP contribution in [-0.2, 0) is 14.6 Å². The molecule has 0 bridgehead atoms. The lowest BCUT2D eigenvalue weighted by molar-refractivity contribution is 0.112. The molecule has 7 heteroatoms. The first-order valence-electron chi connectivity index (χ1n) is 6.20. The van der Waals surface area contributed by atoms with Crippen LogP contribution in [0, 0.1) is 0 Å². The summed E-state index contributed by atoms with van der Waals surface area (Å²) in [7, 11) is -1.36. The molecule has 0 amide bonds. The number of aldehydes is 1. The largest absolute Gasteiger partial charge is 0.384 e. The fourth-order valence-corrected chi connectivity index (χ4v) is 4.10. The average molecular weight is 286 g/mol. The van der Waals surface area contributed by atoms with Crippen molar-refractivity contribution in [1.82, 2.24) is 9.78 Å². The van der Waals surface area contributed by atoms with Crippen LogP contribution in [0.4, 0.5) is 0 Å².